The number of carboxylic acids is 1. The summed E-state index contributed by atoms with van der Waals surface area (Å²) in [5, 5.41) is 8.59. The highest BCUT2D eigenvalue weighted by Crippen LogP contribution is 2.21. The van der Waals surface area contributed by atoms with Gasteiger partial charge in [0.25, 0.3) is 0 Å². The Balaban J connectivity index is 2.24. The van der Waals surface area contributed by atoms with E-state index in [2.05, 4.69) is 0 Å². The molecule has 0 spiro atoms. The minimum Gasteiger partial charge on any atom is -0.481 e. The van der Waals surface area contributed by atoms with Gasteiger partial charge in [-0.3, -0.25) is 4.79 Å². The van der Waals surface area contributed by atoms with Crippen LogP contribution in [0.5, 0.6) is 0 Å². The molecule has 0 aromatic rings. The fourth-order valence-electron chi connectivity index (χ4n) is 0.964. The Hall–Kier alpha value is -0.570. The summed E-state index contributed by atoms with van der Waals surface area (Å²) in [6, 6.07) is 0. The van der Waals surface area contributed by atoms with E-state index in [1.54, 1.807) is 0 Å². The van der Waals surface area contributed by atoms with Crippen LogP contribution in [0.4, 0.5) is 0 Å². The van der Waals surface area contributed by atoms with E-state index in [1.807, 2.05) is 6.92 Å². The zero-order chi connectivity index (χ0) is 7.56. The topological polar surface area (TPSA) is 49.8 Å². The Labute approximate surface area is 60.0 Å². The van der Waals surface area contributed by atoms with E-state index < -0.39 is 5.97 Å². The van der Waals surface area contributed by atoms with Gasteiger partial charge in [-0.05, 0) is 12.8 Å². The van der Waals surface area contributed by atoms with Crippen molar-refractivity contribution in [3.8, 4) is 0 Å². The second kappa shape index (κ2) is 3.01. The van der Waals surface area contributed by atoms with Crippen LogP contribution in [0, 0.1) is 5.92 Å². The summed E-state index contributed by atoms with van der Waals surface area (Å²) in [5.74, 6) is -0.898. The number of rotatable bonds is 4. The van der Waals surface area contributed by atoms with Gasteiger partial charge in [-0.1, -0.05) is 6.92 Å². The highest BCUT2D eigenvalue weighted by molar-refractivity contribution is 5.69. The number of carboxylic acid groups (broad SMARTS) is 1. The largest absolute Gasteiger partial charge is 0.481 e. The predicted octanol–water partition coefficient (Wildman–Crippen LogP) is 0.886. The first kappa shape index (κ1) is 7.54. The molecule has 1 aliphatic rings. The summed E-state index contributed by atoms with van der Waals surface area (Å²) in [7, 11) is 0. The van der Waals surface area contributed by atoms with Crippen LogP contribution in [0.25, 0.3) is 0 Å². The van der Waals surface area contributed by atoms with Crippen LogP contribution in [0.15, 0.2) is 0 Å². The Morgan fingerprint density at radius 1 is 1.90 bits per heavy atom. The lowest BCUT2D eigenvalue weighted by atomic mass is 10.0. The third-order valence-corrected chi connectivity index (χ3v) is 1.79. The molecule has 1 rings (SSSR count). The Kier molecular flexibility index (Phi) is 2.27. The van der Waals surface area contributed by atoms with E-state index in [0.717, 1.165) is 6.61 Å². The number of ether oxygens (including phenoxy) is 1. The number of hydrogen-bond donors (Lipinski definition) is 1. The third-order valence-electron chi connectivity index (χ3n) is 1.79. The van der Waals surface area contributed by atoms with Crippen LogP contribution in [0.3, 0.4) is 0 Å². The first-order chi connectivity index (χ1) is 4.74. The molecule has 0 amide bonds. The monoisotopic (exact) mass is 144 g/mol. The summed E-state index contributed by atoms with van der Waals surface area (Å²) in [4.78, 5) is 10.4. The van der Waals surface area contributed by atoms with Crippen LogP contribution in [0.2, 0.25) is 0 Å². The highest BCUT2D eigenvalue weighted by atomic mass is 16.6. The van der Waals surface area contributed by atoms with Gasteiger partial charge in [-0.2, -0.15) is 0 Å². The summed E-state index contributed by atoms with van der Waals surface area (Å²) in [6.07, 6.45) is 1.63. The Bertz CT molecular complexity index is 129. The molecule has 1 saturated heterocycles. The van der Waals surface area contributed by atoms with Crippen molar-refractivity contribution >= 4 is 5.97 Å². The molecule has 1 aliphatic heterocycles. The van der Waals surface area contributed by atoms with Crippen molar-refractivity contribution < 1.29 is 14.6 Å². The molecule has 2 atom stereocenters. The van der Waals surface area contributed by atoms with E-state index in [9.17, 15) is 4.79 Å². The van der Waals surface area contributed by atoms with Crippen molar-refractivity contribution in [3.63, 3.8) is 0 Å². The molecule has 10 heavy (non-hydrogen) atoms. The van der Waals surface area contributed by atoms with Crippen molar-refractivity contribution in [1.82, 2.24) is 0 Å². The molecule has 0 saturated carbocycles. The van der Waals surface area contributed by atoms with Gasteiger partial charge >= 0.3 is 5.97 Å². The average Bonchev–Trinajstić information content (AvgIpc) is 2.64. The number of epoxide rings is 1. The summed E-state index contributed by atoms with van der Waals surface area (Å²) in [5.41, 5.74) is 0. The van der Waals surface area contributed by atoms with Gasteiger partial charge in [0.15, 0.2) is 0 Å². The maximum Gasteiger partial charge on any atom is 0.306 e. The summed E-state index contributed by atoms with van der Waals surface area (Å²) < 4.78 is 4.93. The van der Waals surface area contributed by atoms with Crippen molar-refractivity contribution in [1.29, 1.82) is 0 Å². The van der Waals surface area contributed by atoms with Crippen molar-refractivity contribution in [2.75, 3.05) is 6.61 Å². The van der Waals surface area contributed by atoms with Gasteiger partial charge in [0, 0.05) is 0 Å². The van der Waals surface area contributed by atoms with Crippen LogP contribution in [-0.2, 0) is 9.53 Å². The van der Waals surface area contributed by atoms with Crippen LogP contribution >= 0.6 is 0 Å². The second-order valence-electron chi connectivity index (χ2n) is 2.63. The lowest BCUT2D eigenvalue weighted by Crippen LogP contribution is -2.14. The van der Waals surface area contributed by atoms with E-state index >= 15 is 0 Å². The highest BCUT2D eigenvalue weighted by Gasteiger charge is 2.28. The van der Waals surface area contributed by atoms with Crippen LogP contribution < -0.4 is 0 Å². The maximum absolute atomic E-state index is 10.4. The SMILES string of the molecule is CCC(C[C@@H]1CO1)C(=O)O. The van der Waals surface area contributed by atoms with Gasteiger partial charge in [0.05, 0.1) is 18.6 Å². The normalized spacial score (nSPS) is 25.9. The van der Waals surface area contributed by atoms with Crippen molar-refractivity contribution in [2.24, 2.45) is 5.92 Å². The van der Waals surface area contributed by atoms with Crippen molar-refractivity contribution in [2.45, 2.75) is 25.9 Å². The van der Waals surface area contributed by atoms with Crippen molar-refractivity contribution in [3.05, 3.63) is 0 Å². The predicted molar refractivity (Wildman–Crippen MR) is 35.8 cm³/mol. The molecule has 1 N–H and O–H groups in total. The third kappa shape index (κ3) is 1.99. The minimum absolute atomic E-state index is 0.201. The molecule has 0 radical (unpaired) electrons. The zero-order valence-electron chi connectivity index (χ0n) is 6.04. The quantitative estimate of drug-likeness (QED) is 0.596. The molecular formula is C7H12O3. The maximum atomic E-state index is 10.4. The molecule has 1 fully saturated rings. The average molecular weight is 144 g/mol. The molecule has 0 aromatic carbocycles. The lowest BCUT2D eigenvalue weighted by molar-refractivity contribution is -0.142. The smallest absolute Gasteiger partial charge is 0.306 e. The molecule has 3 heteroatoms. The molecule has 1 heterocycles. The molecule has 58 valence electrons. The number of aliphatic carboxylic acids is 1. The molecule has 0 bridgehead atoms. The zero-order valence-corrected chi connectivity index (χ0v) is 6.04. The van der Waals surface area contributed by atoms with E-state index in [1.165, 1.54) is 0 Å². The second-order valence-corrected chi connectivity index (χ2v) is 2.63. The first-order valence-corrected chi connectivity index (χ1v) is 3.58. The molecule has 3 nitrogen and oxygen atoms in total. The number of hydrogen-bond acceptors (Lipinski definition) is 2. The Morgan fingerprint density at radius 2 is 2.50 bits per heavy atom. The lowest BCUT2D eigenvalue weighted by Gasteiger charge is -2.05. The van der Waals surface area contributed by atoms with Crippen LogP contribution in [-0.4, -0.2) is 23.8 Å². The summed E-state index contributed by atoms with van der Waals surface area (Å²) in [6.45, 7) is 2.64. The molecular weight excluding hydrogens is 132 g/mol. The minimum atomic E-state index is -0.696. The van der Waals surface area contributed by atoms with Crippen LogP contribution in [0.1, 0.15) is 19.8 Å². The number of carbonyl (C=O) groups is 1. The molecule has 1 unspecified atom stereocenters. The van der Waals surface area contributed by atoms with E-state index in [-0.39, 0.29) is 12.0 Å². The fourth-order valence-corrected chi connectivity index (χ4v) is 0.964. The van der Waals surface area contributed by atoms with Gasteiger partial charge in [0.2, 0.25) is 0 Å². The Morgan fingerprint density at radius 3 is 2.80 bits per heavy atom. The van der Waals surface area contributed by atoms with Gasteiger partial charge < -0.3 is 9.84 Å². The fraction of sp³-hybridized carbons (Fsp3) is 0.857. The standard InChI is InChI=1S/C7H12O3/c1-2-5(7(8)9)3-6-4-10-6/h5-6H,2-4H2,1H3,(H,8,9)/t5?,6-/m1/s1. The van der Waals surface area contributed by atoms with E-state index in [0.29, 0.717) is 12.8 Å². The van der Waals surface area contributed by atoms with Gasteiger partial charge in [0.1, 0.15) is 0 Å². The molecule has 0 aliphatic carbocycles. The van der Waals surface area contributed by atoms with Gasteiger partial charge in [-0.15, -0.1) is 0 Å². The first-order valence-electron chi connectivity index (χ1n) is 3.58. The van der Waals surface area contributed by atoms with E-state index in [4.69, 9.17) is 9.84 Å². The molecule has 0 aromatic heterocycles. The summed E-state index contributed by atoms with van der Waals surface area (Å²) >= 11 is 0. The van der Waals surface area contributed by atoms with Gasteiger partial charge in [-0.25, -0.2) is 0 Å².